The first-order valence-corrected chi connectivity index (χ1v) is 7.26. The van der Waals surface area contributed by atoms with Gasteiger partial charge in [0, 0.05) is 5.56 Å². The number of nitrogens with one attached hydrogen (secondary N) is 1. The first-order valence-electron chi connectivity index (χ1n) is 6.46. The lowest BCUT2D eigenvalue weighted by atomic mass is 10.1. The highest BCUT2D eigenvalue weighted by atomic mass is 79.9. The van der Waals surface area contributed by atoms with Gasteiger partial charge in [0.2, 0.25) is 0 Å². The van der Waals surface area contributed by atoms with E-state index in [2.05, 4.69) is 32.3 Å². The number of halogens is 1. The second kappa shape index (κ2) is 6.19. The molecule has 0 bridgehead atoms. The summed E-state index contributed by atoms with van der Waals surface area (Å²) in [7, 11) is 0. The minimum absolute atomic E-state index is 0.0107. The number of rotatable bonds is 4. The summed E-state index contributed by atoms with van der Waals surface area (Å²) in [5, 5.41) is 7.31. The average Bonchev–Trinajstić information content (AvgIpc) is 2.77. The molecule has 0 fully saturated rings. The SMILES string of the molecule is C#CCn1ncc(NC(C)c2cc(C)oc2C)c(Br)c1=O. The smallest absolute Gasteiger partial charge is 0.284 e. The predicted molar refractivity (Wildman–Crippen MR) is 85.2 cm³/mol. The van der Waals surface area contributed by atoms with E-state index in [9.17, 15) is 4.79 Å². The molecule has 2 aromatic rings. The minimum Gasteiger partial charge on any atom is -0.466 e. The van der Waals surface area contributed by atoms with Crippen molar-refractivity contribution in [1.82, 2.24) is 9.78 Å². The van der Waals surface area contributed by atoms with Crippen molar-refractivity contribution in [3.05, 3.63) is 44.2 Å². The molecule has 6 heteroatoms. The molecule has 1 atom stereocenters. The van der Waals surface area contributed by atoms with Crippen molar-refractivity contribution in [2.45, 2.75) is 33.4 Å². The van der Waals surface area contributed by atoms with E-state index in [0.29, 0.717) is 10.2 Å². The molecule has 0 amide bonds. The van der Waals surface area contributed by atoms with Crippen LogP contribution in [0.25, 0.3) is 0 Å². The molecule has 110 valence electrons. The molecular weight excluding hydrogens is 334 g/mol. The van der Waals surface area contributed by atoms with Gasteiger partial charge in [0.25, 0.3) is 5.56 Å². The maximum Gasteiger partial charge on any atom is 0.284 e. The third kappa shape index (κ3) is 3.19. The molecule has 1 unspecified atom stereocenters. The second-order valence-electron chi connectivity index (χ2n) is 4.77. The van der Waals surface area contributed by atoms with Gasteiger partial charge in [0.05, 0.1) is 17.9 Å². The maximum absolute atomic E-state index is 12.1. The number of nitrogens with zero attached hydrogens (tertiary/aromatic N) is 2. The van der Waals surface area contributed by atoms with Crippen LogP contribution in [0.2, 0.25) is 0 Å². The quantitative estimate of drug-likeness (QED) is 0.862. The van der Waals surface area contributed by atoms with Gasteiger partial charge in [-0.15, -0.1) is 6.42 Å². The lowest BCUT2D eigenvalue weighted by Gasteiger charge is -2.15. The lowest BCUT2D eigenvalue weighted by Crippen LogP contribution is -2.24. The lowest BCUT2D eigenvalue weighted by molar-refractivity contribution is 0.500. The van der Waals surface area contributed by atoms with Crippen molar-refractivity contribution < 1.29 is 4.42 Å². The van der Waals surface area contributed by atoms with E-state index < -0.39 is 0 Å². The molecule has 0 aliphatic heterocycles. The Balaban J connectivity index is 2.28. The number of hydrogen-bond acceptors (Lipinski definition) is 4. The molecule has 5 nitrogen and oxygen atoms in total. The zero-order valence-corrected chi connectivity index (χ0v) is 13.7. The third-order valence-electron chi connectivity index (χ3n) is 3.14. The zero-order chi connectivity index (χ0) is 15.6. The van der Waals surface area contributed by atoms with Crippen molar-refractivity contribution >= 4 is 21.6 Å². The monoisotopic (exact) mass is 349 g/mol. The Labute approximate surface area is 131 Å². The van der Waals surface area contributed by atoms with Gasteiger partial charge in [-0.2, -0.15) is 5.10 Å². The topological polar surface area (TPSA) is 60.1 Å². The minimum atomic E-state index is -0.259. The van der Waals surface area contributed by atoms with Gasteiger partial charge in [-0.25, -0.2) is 4.68 Å². The fraction of sp³-hybridized carbons (Fsp3) is 0.333. The molecule has 2 aromatic heterocycles. The summed E-state index contributed by atoms with van der Waals surface area (Å²) >= 11 is 3.30. The number of anilines is 1. The molecular formula is C15H16BrN3O2. The molecule has 2 heterocycles. The van der Waals surface area contributed by atoms with Crippen LogP contribution >= 0.6 is 15.9 Å². The van der Waals surface area contributed by atoms with Gasteiger partial charge >= 0.3 is 0 Å². The standard InChI is InChI=1S/C15H16BrN3O2/c1-5-6-19-15(20)14(16)13(8-17-19)18-10(3)12-7-9(2)21-11(12)4/h1,7-8,10,18H,6H2,2-4H3. The van der Waals surface area contributed by atoms with Gasteiger partial charge in [0.15, 0.2) is 0 Å². The largest absolute Gasteiger partial charge is 0.466 e. The number of aryl methyl sites for hydroxylation is 2. The Hall–Kier alpha value is -2.00. The number of terminal acetylenes is 1. The first-order chi connectivity index (χ1) is 9.93. The molecule has 0 spiro atoms. The Kier molecular flexibility index (Phi) is 4.53. The van der Waals surface area contributed by atoms with E-state index in [1.807, 2.05) is 26.8 Å². The van der Waals surface area contributed by atoms with Crippen molar-refractivity contribution in [2.75, 3.05) is 5.32 Å². The van der Waals surface area contributed by atoms with Crippen molar-refractivity contribution in [2.24, 2.45) is 0 Å². The summed E-state index contributed by atoms with van der Waals surface area (Å²) in [5.41, 5.74) is 1.41. The van der Waals surface area contributed by atoms with Gasteiger partial charge < -0.3 is 9.73 Å². The van der Waals surface area contributed by atoms with Crippen molar-refractivity contribution in [1.29, 1.82) is 0 Å². The highest BCUT2D eigenvalue weighted by Crippen LogP contribution is 2.26. The fourth-order valence-corrected chi connectivity index (χ4v) is 2.58. The van der Waals surface area contributed by atoms with Crippen molar-refractivity contribution in [3.63, 3.8) is 0 Å². The second-order valence-corrected chi connectivity index (χ2v) is 5.57. The van der Waals surface area contributed by atoms with Gasteiger partial charge in [-0.1, -0.05) is 5.92 Å². The van der Waals surface area contributed by atoms with E-state index in [-0.39, 0.29) is 18.1 Å². The summed E-state index contributed by atoms with van der Waals surface area (Å²) in [6.07, 6.45) is 6.79. The maximum atomic E-state index is 12.1. The van der Waals surface area contributed by atoms with Gasteiger partial charge in [-0.05, 0) is 42.8 Å². The van der Waals surface area contributed by atoms with Crippen LogP contribution in [0.5, 0.6) is 0 Å². The van der Waals surface area contributed by atoms with Crippen LogP contribution in [0.4, 0.5) is 5.69 Å². The molecule has 21 heavy (non-hydrogen) atoms. The molecule has 2 rings (SSSR count). The van der Waals surface area contributed by atoms with Crippen LogP contribution in [0.3, 0.4) is 0 Å². The zero-order valence-electron chi connectivity index (χ0n) is 12.1. The van der Waals surface area contributed by atoms with E-state index in [4.69, 9.17) is 10.8 Å². The molecule has 0 saturated carbocycles. The normalized spacial score (nSPS) is 12.0. The average molecular weight is 350 g/mol. The molecule has 1 N–H and O–H groups in total. The molecule has 0 aromatic carbocycles. The molecule has 0 aliphatic rings. The molecule has 0 aliphatic carbocycles. The van der Waals surface area contributed by atoms with Crippen LogP contribution in [0, 0.1) is 26.2 Å². The van der Waals surface area contributed by atoms with Crippen LogP contribution in [0.15, 0.2) is 25.9 Å². The summed E-state index contributed by atoms with van der Waals surface area (Å²) < 4.78 is 7.17. The highest BCUT2D eigenvalue weighted by molar-refractivity contribution is 9.10. The number of furan rings is 1. The van der Waals surface area contributed by atoms with E-state index >= 15 is 0 Å². The third-order valence-corrected chi connectivity index (χ3v) is 3.91. The summed E-state index contributed by atoms with van der Waals surface area (Å²) in [6.45, 7) is 5.96. The van der Waals surface area contributed by atoms with Gasteiger partial charge in [-0.3, -0.25) is 4.79 Å². The van der Waals surface area contributed by atoms with Crippen LogP contribution in [-0.2, 0) is 6.54 Å². The van der Waals surface area contributed by atoms with Crippen LogP contribution in [-0.4, -0.2) is 9.78 Å². The predicted octanol–water partition coefficient (Wildman–Crippen LogP) is 3.02. The Morgan fingerprint density at radius 1 is 1.57 bits per heavy atom. The highest BCUT2D eigenvalue weighted by Gasteiger charge is 2.15. The fourth-order valence-electron chi connectivity index (χ4n) is 2.16. The molecule has 0 radical (unpaired) electrons. The summed E-state index contributed by atoms with van der Waals surface area (Å²) in [5.74, 6) is 4.11. The van der Waals surface area contributed by atoms with E-state index in [1.165, 1.54) is 4.68 Å². The summed E-state index contributed by atoms with van der Waals surface area (Å²) in [6, 6.07) is 1.97. The van der Waals surface area contributed by atoms with Crippen LogP contribution < -0.4 is 10.9 Å². The van der Waals surface area contributed by atoms with Crippen molar-refractivity contribution in [3.8, 4) is 12.3 Å². The Morgan fingerprint density at radius 3 is 2.86 bits per heavy atom. The number of hydrogen-bond donors (Lipinski definition) is 1. The van der Waals surface area contributed by atoms with Gasteiger partial charge in [0.1, 0.15) is 22.5 Å². The van der Waals surface area contributed by atoms with E-state index in [1.54, 1.807) is 6.20 Å². The first kappa shape index (κ1) is 15.4. The summed E-state index contributed by atoms with van der Waals surface area (Å²) in [4.78, 5) is 12.1. The van der Waals surface area contributed by atoms with E-state index in [0.717, 1.165) is 17.1 Å². The number of aromatic nitrogens is 2. The Bertz CT molecular complexity index is 755. The molecule has 0 saturated heterocycles. The Morgan fingerprint density at radius 2 is 2.29 bits per heavy atom. The van der Waals surface area contributed by atoms with Crippen LogP contribution in [0.1, 0.15) is 30.0 Å².